The Hall–Kier alpha value is -2.29. The van der Waals surface area contributed by atoms with E-state index in [2.05, 4.69) is 61.6 Å². The van der Waals surface area contributed by atoms with Gasteiger partial charge >= 0.3 is 0 Å². The molecule has 1 heterocycles. The van der Waals surface area contributed by atoms with Crippen molar-refractivity contribution in [2.45, 2.75) is 45.1 Å². The molecule has 1 amide bonds. The third-order valence-corrected chi connectivity index (χ3v) is 7.54. The molecule has 3 heteroatoms. The molecule has 5 atom stereocenters. The van der Waals surface area contributed by atoms with Crippen LogP contribution in [0.1, 0.15) is 66.6 Å². The second-order valence-corrected chi connectivity index (χ2v) is 8.75. The van der Waals surface area contributed by atoms with Crippen LogP contribution in [0.25, 0.3) is 0 Å². The lowest BCUT2D eigenvalue weighted by molar-refractivity contribution is 0.0772. The molecule has 3 nitrogen and oxygen atoms in total. The van der Waals surface area contributed by atoms with Crippen molar-refractivity contribution in [3.8, 4) is 0 Å². The Kier molecular flexibility index (Phi) is 4.41. The molecule has 2 aromatic carbocycles. The zero-order chi connectivity index (χ0) is 19.3. The molecule has 146 valence electrons. The van der Waals surface area contributed by atoms with Crippen LogP contribution in [0, 0.1) is 17.8 Å². The quantitative estimate of drug-likeness (QED) is 0.770. The van der Waals surface area contributed by atoms with E-state index >= 15 is 0 Å². The van der Waals surface area contributed by atoms with Crippen molar-refractivity contribution in [3.05, 3.63) is 65.2 Å². The Morgan fingerprint density at radius 1 is 1.04 bits per heavy atom. The van der Waals surface area contributed by atoms with Gasteiger partial charge in [0, 0.05) is 24.3 Å². The molecule has 3 aliphatic rings. The highest BCUT2D eigenvalue weighted by Gasteiger charge is 2.53. The Morgan fingerprint density at radius 2 is 1.79 bits per heavy atom. The number of nitrogens with one attached hydrogen (secondary N) is 1. The summed E-state index contributed by atoms with van der Waals surface area (Å²) in [6.45, 7) is 5.63. The lowest BCUT2D eigenvalue weighted by atomic mass is 9.68. The van der Waals surface area contributed by atoms with Crippen LogP contribution in [-0.2, 0) is 0 Å². The first-order chi connectivity index (χ1) is 13.7. The molecule has 5 rings (SSSR count). The predicted octanol–water partition coefficient (Wildman–Crippen LogP) is 5.47. The van der Waals surface area contributed by atoms with Gasteiger partial charge in [0.25, 0.3) is 5.91 Å². The highest BCUT2D eigenvalue weighted by molar-refractivity contribution is 5.95. The minimum Gasteiger partial charge on any atom is -0.378 e. The van der Waals surface area contributed by atoms with Crippen LogP contribution in [0.5, 0.6) is 0 Å². The third-order valence-electron chi connectivity index (χ3n) is 7.54. The Balaban J connectivity index is 1.56. The number of anilines is 1. The lowest BCUT2D eigenvalue weighted by Crippen LogP contribution is -2.36. The molecule has 0 saturated heterocycles. The first-order valence-corrected chi connectivity index (χ1v) is 11.0. The first-order valence-electron chi connectivity index (χ1n) is 11.0. The maximum Gasteiger partial charge on any atom is 0.253 e. The molecule has 1 aliphatic heterocycles. The SMILES string of the molecule is CCN(CC)C(=O)c1ccc2c(c1)C1C3CCC(C3)C1C(c1ccccc1)N2. The highest BCUT2D eigenvalue weighted by atomic mass is 16.2. The standard InChI is InChI=1S/C25H30N2O/c1-3-27(4-2)25(28)19-12-13-21-20(15-19)22-17-10-11-18(14-17)23(22)24(26-21)16-8-6-5-7-9-16/h5-9,12-13,15,17-18,22-24,26H,3-4,10-11,14H2,1-2H3. The summed E-state index contributed by atoms with van der Waals surface area (Å²) in [4.78, 5) is 14.9. The Morgan fingerprint density at radius 3 is 2.54 bits per heavy atom. The number of benzene rings is 2. The van der Waals surface area contributed by atoms with Crippen molar-refractivity contribution in [2.75, 3.05) is 18.4 Å². The van der Waals surface area contributed by atoms with E-state index in [0.29, 0.717) is 17.9 Å². The van der Waals surface area contributed by atoms with Gasteiger partial charge in [-0.3, -0.25) is 4.79 Å². The van der Waals surface area contributed by atoms with E-state index in [4.69, 9.17) is 0 Å². The normalized spacial score (nSPS) is 29.7. The number of amides is 1. The molecule has 2 aromatic rings. The summed E-state index contributed by atoms with van der Waals surface area (Å²) in [5.41, 5.74) is 4.88. The van der Waals surface area contributed by atoms with Crippen molar-refractivity contribution >= 4 is 11.6 Å². The minimum atomic E-state index is 0.165. The van der Waals surface area contributed by atoms with Crippen molar-refractivity contribution < 1.29 is 4.79 Å². The lowest BCUT2D eigenvalue weighted by Gasteiger charge is -2.43. The van der Waals surface area contributed by atoms with Gasteiger partial charge in [-0.1, -0.05) is 30.3 Å². The molecule has 0 aromatic heterocycles. The van der Waals surface area contributed by atoms with E-state index in [-0.39, 0.29) is 5.91 Å². The number of fused-ring (bicyclic) bond motifs is 7. The molecular weight excluding hydrogens is 344 g/mol. The van der Waals surface area contributed by atoms with E-state index in [1.54, 1.807) is 0 Å². The van der Waals surface area contributed by atoms with Gasteiger partial charge in [0.15, 0.2) is 0 Å². The molecule has 2 aliphatic carbocycles. The number of hydrogen-bond donors (Lipinski definition) is 1. The molecule has 0 spiro atoms. The molecule has 2 bridgehead atoms. The zero-order valence-corrected chi connectivity index (χ0v) is 16.9. The van der Waals surface area contributed by atoms with Crippen LogP contribution in [0.3, 0.4) is 0 Å². The van der Waals surface area contributed by atoms with Gasteiger partial charge in [-0.25, -0.2) is 0 Å². The number of hydrogen-bond acceptors (Lipinski definition) is 2. The third kappa shape index (κ3) is 2.67. The first kappa shape index (κ1) is 17.8. The summed E-state index contributed by atoms with van der Waals surface area (Å²) >= 11 is 0. The highest BCUT2D eigenvalue weighted by Crippen LogP contribution is 2.63. The average molecular weight is 375 g/mol. The number of carbonyl (C=O) groups is 1. The van der Waals surface area contributed by atoms with Crippen molar-refractivity contribution in [1.82, 2.24) is 4.90 Å². The molecule has 1 N–H and O–H groups in total. The maximum atomic E-state index is 12.9. The summed E-state index contributed by atoms with van der Waals surface area (Å²) in [6.07, 6.45) is 4.07. The second-order valence-electron chi connectivity index (χ2n) is 8.75. The van der Waals surface area contributed by atoms with E-state index in [9.17, 15) is 4.79 Å². The van der Waals surface area contributed by atoms with Crippen LogP contribution >= 0.6 is 0 Å². The molecular formula is C25H30N2O. The van der Waals surface area contributed by atoms with Gasteiger partial charge in [-0.2, -0.15) is 0 Å². The van der Waals surface area contributed by atoms with Gasteiger partial charge < -0.3 is 10.2 Å². The monoisotopic (exact) mass is 374 g/mol. The van der Waals surface area contributed by atoms with Gasteiger partial charge in [0.2, 0.25) is 0 Å². The van der Waals surface area contributed by atoms with E-state index in [0.717, 1.165) is 30.5 Å². The maximum absolute atomic E-state index is 12.9. The molecule has 5 unspecified atom stereocenters. The van der Waals surface area contributed by atoms with Crippen LogP contribution in [0.15, 0.2) is 48.5 Å². The van der Waals surface area contributed by atoms with E-state index in [1.165, 1.54) is 36.1 Å². The molecule has 28 heavy (non-hydrogen) atoms. The fraction of sp³-hybridized carbons (Fsp3) is 0.480. The van der Waals surface area contributed by atoms with Crippen LogP contribution < -0.4 is 5.32 Å². The summed E-state index contributed by atoms with van der Waals surface area (Å²) in [7, 11) is 0. The smallest absolute Gasteiger partial charge is 0.253 e. The van der Waals surface area contributed by atoms with Crippen LogP contribution in [-0.4, -0.2) is 23.9 Å². The average Bonchev–Trinajstić information content (AvgIpc) is 3.37. The minimum absolute atomic E-state index is 0.165. The number of nitrogens with zero attached hydrogens (tertiary/aromatic N) is 1. The van der Waals surface area contributed by atoms with Gasteiger partial charge in [0.1, 0.15) is 0 Å². The number of carbonyl (C=O) groups excluding carboxylic acids is 1. The van der Waals surface area contributed by atoms with E-state index in [1.807, 2.05) is 11.0 Å². The summed E-state index contributed by atoms with van der Waals surface area (Å²) in [6, 6.07) is 17.7. The Bertz CT molecular complexity index is 873. The van der Waals surface area contributed by atoms with Crippen molar-refractivity contribution in [2.24, 2.45) is 17.8 Å². The number of rotatable bonds is 4. The summed E-state index contributed by atoms with van der Waals surface area (Å²) in [5, 5.41) is 3.87. The topological polar surface area (TPSA) is 32.3 Å². The molecule has 2 saturated carbocycles. The van der Waals surface area contributed by atoms with Crippen molar-refractivity contribution in [1.29, 1.82) is 0 Å². The van der Waals surface area contributed by atoms with Crippen LogP contribution in [0.2, 0.25) is 0 Å². The van der Waals surface area contributed by atoms with Gasteiger partial charge in [0.05, 0.1) is 6.04 Å². The van der Waals surface area contributed by atoms with Crippen LogP contribution in [0.4, 0.5) is 5.69 Å². The summed E-state index contributed by atoms with van der Waals surface area (Å²) < 4.78 is 0. The van der Waals surface area contributed by atoms with Gasteiger partial charge in [-0.05, 0) is 86.1 Å². The predicted molar refractivity (Wildman–Crippen MR) is 114 cm³/mol. The molecule has 2 fully saturated rings. The summed E-state index contributed by atoms with van der Waals surface area (Å²) in [5.74, 6) is 2.98. The van der Waals surface area contributed by atoms with Gasteiger partial charge in [-0.15, -0.1) is 0 Å². The Labute approximate surface area is 168 Å². The largest absolute Gasteiger partial charge is 0.378 e. The van der Waals surface area contributed by atoms with E-state index < -0.39 is 0 Å². The molecule has 0 radical (unpaired) electrons. The van der Waals surface area contributed by atoms with Crippen molar-refractivity contribution in [3.63, 3.8) is 0 Å². The zero-order valence-electron chi connectivity index (χ0n) is 16.9. The second kappa shape index (κ2) is 6.95. The fourth-order valence-electron chi connectivity index (χ4n) is 6.30. The fourth-order valence-corrected chi connectivity index (χ4v) is 6.30.